The first-order valence-electron chi connectivity index (χ1n) is 5.35. The minimum Gasteiger partial charge on any atom is -0.326 e. The van der Waals surface area contributed by atoms with Gasteiger partial charge in [-0.25, -0.2) is 0 Å². The van der Waals surface area contributed by atoms with E-state index in [2.05, 4.69) is 24.9 Å². The molecule has 80 valence electrons. The van der Waals surface area contributed by atoms with Crippen molar-refractivity contribution in [2.75, 3.05) is 0 Å². The summed E-state index contributed by atoms with van der Waals surface area (Å²) in [7, 11) is 0. The molecule has 0 bridgehead atoms. The van der Waals surface area contributed by atoms with Crippen molar-refractivity contribution < 1.29 is 0 Å². The van der Waals surface area contributed by atoms with Gasteiger partial charge in [-0.15, -0.1) is 0 Å². The van der Waals surface area contributed by atoms with Gasteiger partial charge >= 0.3 is 0 Å². The fourth-order valence-corrected chi connectivity index (χ4v) is 1.25. The summed E-state index contributed by atoms with van der Waals surface area (Å²) in [5.41, 5.74) is 7.69. The fourth-order valence-electron chi connectivity index (χ4n) is 1.25. The number of benzene rings is 1. The van der Waals surface area contributed by atoms with Gasteiger partial charge in [0.05, 0.1) is 5.52 Å². The van der Waals surface area contributed by atoms with Gasteiger partial charge in [0.25, 0.3) is 0 Å². The molecule has 2 nitrogen and oxygen atoms in total. The Morgan fingerprint density at radius 3 is 2.60 bits per heavy atom. The van der Waals surface area contributed by atoms with E-state index < -0.39 is 0 Å². The highest BCUT2D eigenvalue weighted by atomic mass is 14.6. The fraction of sp³-hybridized carbons (Fsp3) is 0.308. The number of nitrogens with zero attached hydrogens (tertiary/aromatic N) is 1. The van der Waals surface area contributed by atoms with E-state index in [0.29, 0.717) is 6.54 Å². The van der Waals surface area contributed by atoms with E-state index >= 15 is 0 Å². The van der Waals surface area contributed by atoms with E-state index in [4.69, 9.17) is 5.73 Å². The highest BCUT2D eigenvalue weighted by Crippen LogP contribution is 2.12. The number of hydrogen-bond donors (Lipinski definition) is 1. The van der Waals surface area contributed by atoms with Gasteiger partial charge in [-0.1, -0.05) is 32.4 Å². The number of pyridine rings is 1. The van der Waals surface area contributed by atoms with Crippen LogP contribution in [0.2, 0.25) is 0 Å². The molecule has 0 saturated carbocycles. The molecule has 1 aromatic carbocycles. The topological polar surface area (TPSA) is 38.9 Å². The Balaban J connectivity index is 0.000000337. The van der Waals surface area contributed by atoms with Crippen molar-refractivity contribution in [3.63, 3.8) is 0 Å². The Kier molecular flexibility index (Phi) is 4.78. The molecular formula is C13H18N2. The third-order valence-corrected chi connectivity index (χ3v) is 1.90. The Bertz CT molecular complexity index is 410. The molecule has 0 atom stereocenters. The van der Waals surface area contributed by atoms with E-state index in [-0.39, 0.29) is 0 Å². The Labute approximate surface area is 91.1 Å². The van der Waals surface area contributed by atoms with Crippen molar-refractivity contribution in [2.24, 2.45) is 5.73 Å². The van der Waals surface area contributed by atoms with Crippen molar-refractivity contribution in [1.29, 1.82) is 0 Å². The van der Waals surface area contributed by atoms with Crippen LogP contribution >= 0.6 is 0 Å². The maximum absolute atomic E-state index is 5.52. The summed E-state index contributed by atoms with van der Waals surface area (Å²) in [6, 6.07) is 10.1. The Morgan fingerprint density at radius 2 is 1.93 bits per heavy atom. The summed E-state index contributed by atoms with van der Waals surface area (Å²) in [5, 5.41) is 1.15. The molecule has 0 amide bonds. The first-order valence-corrected chi connectivity index (χ1v) is 5.35. The molecule has 0 fully saturated rings. The minimum atomic E-state index is 0.588. The average Bonchev–Trinajstić information content (AvgIpc) is 2.29. The van der Waals surface area contributed by atoms with E-state index in [1.54, 1.807) is 6.20 Å². The normalized spacial score (nSPS) is 9.53. The van der Waals surface area contributed by atoms with Gasteiger partial charge in [0, 0.05) is 18.1 Å². The Hall–Kier alpha value is -1.41. The molecule has 0 unspecified atom stereocenters. The minimum absolute atomic E-state index is 0.588. The summed E-state index contributed by atoms with van der Waals surface area (Å²) in [5.74, 6) is 0. The quantitative estimate of drug-likeness (QED) is 0.771. The van der Waals surface area contributed by atoms with Crippen LogP contribution in [-0.4, -0.2) is 4.98 Å². The van der Waals surface area contributed by atoms with Crippen LogP contribution in [0.15, 0.2) is 36.5 Å². The molecule has 0 aliphatic heterocycles. The third kappa shape index (κ3) is 3.33. The molecule has 2 heteroatoms. The second-order valence-electron chi connectivity index (χ2n) is 3.44. The van der Waals surface area contributed by atoms with Gasteiger partial charge in [-0.05, 0) is 23.8 Å². The summed E-state index contributed by atoms with van der Waals surface area (Å²) >= 11 is 0. The lowest BCUT2D eigenvalue weighted by Gasteiger charge is -1.98. The zero-order valence-corrected chi connectivity index (χ0v) is 9.40. The molecule has 0 aliphatic rings. The predicted octanol–water partition coefficient (Wildman–Crippen LogP) is 3.11. The zero-order chi connectivity index (χ0) is 11.1. The molecule has 2 rings (SSSR count). The molecule has 15 heavy (non-hydrogen) atoms. The van der Waals surface area contributed by atoms with Crippen LogP contribution in [-0.2, 0) is 6.54 Å². The maximum atomic E-state index is 5.52. The van der Waals surface area contributed by atoms with Crippen molar-refractivity contribution in [2.45, 2.75) is 26.8 Å². The van der Waals surface area contributed by atoms with Crippen LogP contribution in [0, 0.1) is 0 Å². The number of hydrogen-bond acceptors (Lipinski definition) is 2. The summed E-state index contributed by atoms with van der Waals surface area (Å²) in [4.78, 5) is 4.22. The monoisotopic (exact) mass is 202 g/mol. The smallest absolute Gasteiger partial charge is 0.0702 e. The first-order chi connectivity index (χ1) is 7.31. The van der Waals surface area contributed by atoms with Crippen molar-refractivity contribution in [3.8, 4) is 0 Å². The second-order valence-corrected chi connectivity index (χ2v) is 3.44. The number of aromatic nitrogens is 1. The summed E-state index contributed by atoms with van der Waals surface area (Å²) in [6.45, 7) is 4.84. The predicted molar refractivity (Wildman–Crippen MR) is 65.6 cm³/mol. The van der Waals surface area contributed by atoms with Crippen molar-refractivity contribution >= 4 is 10.9 Å². The van der Waals surface area contributed by atoms with Crippen LogP contribution in [0.5, 0.6) is 0 Å². The van der Waals surface area contributed by atoms with Crippen molar-refractivity contribution in [3.05, 3.63) is 42.1 Å². The van der Waals surface area contributed by atoms with E-state index in [1.807, 2.05) is 24.3 Å². The van der Waals surface area contributed by atoms with E-state index in [9.17, 15) is 0 Å². The van der Waals surface area contributed by atoms with Gasteiger partial charge in [0.15, 0.2) is 0 Å². The van der Waals surface area contributed by atoms with Gasteiger partial charge in [-0.2, -0.15) is 0 Å². The van der Waals surface area contributed by atoms with Crippen LogP contribution in [0.25, 0.3) is 10.9 Å². The van der Waals surface area contributed by atoms with Gasteiger partial charge in [0.2, 0.25) is 0 Å². The highest BCUT2D eigenvalue weighted by molar-refractivity contribution is 5.78. The van der Waals surface area contributed by atoms with Gasteiger partial charge < -0.3 is 5.73 Å². The zero-order valence-electron chi connectivity index (χ0n) is 9.40. The molecule has 0 saturated heterocycles. The summed E-state index contributed by atoms with van der Waals surface area (Å²) < 4.78 is 0. The lowest BCUT2D eigenvalue weighted by molar-refractivity contribution is 1.07. The van der Waals surface area contributed by atoms with Crippen LogP contribution < -0.4 is 5.73 Å². The molecule has 0 radical (unpaired) electrons. The van der Waals surface area contributed by atoms with Crippen LogP contribution in [0.3, 0.4) is 0 Å². The number of nitrogens with two attached hydrogens (primary N) is 1. The van der Waals surface area contributed by atoms with E-state index in [1.165, 1.54) is 6.42 Å². The number of fused-ring (bicyclic) bond motifs is 1. The molecule has 1 aromatic heterocycles. The average molecular weight is 202 g/mol. The van der Waals surface area contributed by atoms with Gasteiger partial charge in [-0.3, -0.25) is 4.98 Å². The van der Waals surface area contributed by atoms with Gasteiger partial charge in [0.1, 0.15) is 0 Å². The SMILES string of the molecule is CCC.NCc1ccc2ncccc2c1. The van der Waals surface area contributed by atoms with E-state index in [0.717, 1.165) is 16.5 Å². The molecule has 2 aromatic rings. The van der Waals surface area contributed by atoms with Crippen LogP contribution in [0.4, 0.5) is 0 Å². The summed E-state index contributed by atoms with van der Waals surface area (Å²) in [6.07, 6.45) is 3.05. The molecule has 2 N–H and O–H groups in total. The lowest BCUT2D eigenvalue weighted by atomic mass is 10.1. The molecule has 1 heterocycles. The van der Waals surface area contributed by atoms with Crippen LogP contribution in [0.1, 0.15) is 25.8 Å². The molecular weight excluding hydrogens is 184 g/mol. The number of rotatable bonds is 1. The second kappa shape index (κ2) is 6.14. The molecule has 0 aliphatic carbocycles. The Morgan fingerprint density at radius 1 is 1.20 bits per heavy atom. The lowest BCUT2D eigenvalue weighted by Crippen LogP contribution is -1.95. The standard InChI is InChI=1S/C10H10N2.C3H8/c11-7-8-3-4-10-9(6-8)2-1-5-12-10;1-3-2/h1-6H,7,11H2;3H2,1-2H3. The first kappa shape index (κ1) is 11.7. The third-order valence-electron chi connectivity index (χ3n) is 1.90. The maximum Gasteiger partial charge on any atom is 0.0702 e. The largest absolute Gasteiger partial charge is 0.326 e. The molecule has 0 spiro atoms. The van der Waals surface area contributed by atoms with Crippen molar-refractivity contribution in [1.82, 2.24) is 4.98 Å². The highest BCUT2D eigenvalue weighted by Gasteiger charge is 1.93.